The van der Waals surface area contributed by atoms with E-state index in [0.717, 1.165) is 23.7 Å². The highest BCUT2D eigenvalue weighted by molar-refractivity contribution is 8.04. The summed E-state index contributed by atoms with van der Waals surface area (Å²) >= 11 is 1.27. The van der Waals surface area contributed by atoms with Crippen LogP contribution in [0.4, 0.5) is 15.8 Å². The standard InChI is InChI=1S/C26H22FN3O2S/c27-21-9-5-4-6-18(21)17-24-25(31)28-22-16-19(10-11-23(22)33-24)26(32)30-14-12-29(13-15-30)20-7-2-1-3-8-20/h1-11,16-17H,12-15H2,(H,28,31)/b24-17+. The van der Waals surface area contributed by atoms with Crippen molar-refractivity contribution >= 4 is 41.0 Å². The lowest BCUT2D eigenvalue weighted by Crippen LogP contribution is -2.48. The summed E-state index contributed by atoms with van der Waals surface area (Å²) in [5.74, 6) is -0.730. The molecule has 2 aliphatic heterocycles. The van der Waals surface area contributed by atoms with Crippen molar-refractivity contribution < 1.29 is 14.0 Å². The molecule has 0 saturated carbocycles. The molecule has 7 heteroatoms. The van der Waals surface area contributed by atoms with Crippen LogP contribution in [0.25, 0.3) is 6.08 Å². The maximum Gasteiger partial charge on any atom is 0.262 e. The van der Waals surface area contributed by atoms with Crippen molar-refractivity contribution in [2.75, 3.05) is 36.4 Å². The normalized spacial score (nSPS) is 17.0. The minimum absolute atomic E-state index is 0.0440. The Bertz CT molecular complexity index is 1240. The van der Waals surface area contributed by atoms with Gasteiger partial charge in [0.25, 0.3) is 11.8 Å². The molecular formula is C26H22FN3O2S. The summed E-state index contributed by atoms with van der Waals surface area (Å²) in [6.07, 6.45) is 1.55. The number of piperazine rings is 1. The molecule has 2 amide bonds. The molecule has 0 atom stereocenters. The number of carbonyl (C=O) groups excluding carboxylic acids is 2. The molecule has 3 aromatic carbocycles. The van der Waals surface area contributed by atoms with Crippen molar-refractivity contribution in [1.29, 1.82) is 0 Å². The third-order valence-electron chi connectivity index (χ3n) is 5.80. The lowest BCUT2D eigenvalue weighted by Gasteiger charge is -2.36. The summed E-state index contributed by atoms with van der Waals surface area (Å²) in [7, 11) is 0. The number of fused-ring (bicyclic) bond motifs is 1. The van der Waals surface area contributed by atoms with E-state index in [0.29, 0.717) is 34.8 Å². The molecule has 0 radical (unpaired) electrons. The van der Waals surface area contributed by atoms with Gasteiger partial charge in [-0.2, -0.15) is 0 Å². The summed E-state index contributed by atoms with van der Waals surface area (Å²) in [5.41, 5.74) is 2.67. The Morgan fingerprint density at radius 3 is 2.42 bits per heavy atom. The average Bonchev–Trinajstić information content (AvgIpc) is 2.86. The van der Waals surface area contributed by atoms with Crippen LogP contribution in [0.3, 0.4) is 0 Å². The lowest BCUT2D eigenvalue weighted by atomic mass is 10.1. The predicted molar refractivity (Wildman–Crippen MR) is 130 cm³/mol. The van der Waals surface area contributed by atoms with Crippen LogP contribution in [-0.4, -0.2) is 42.9 Å². The molecule has 0 spiro atoms. The van der Waals surface area contributed by atoms with E-state index in [1.54, 1.807) is 36.4 Å². The van der Waals surface area contributed by atoms with E-state index in [1.807, 2.05) is 29.2 Å². The molecule has 2 aliphatic rings. The van der Waals surface area contributed by atoms with Crippen LogP contribution in [0.1, 0.15) is 15.9 Å². The van der Waals surface area contributed by atoms with Crippen molar-refractivity contribution in [3.8, 4) is 0 Å². The Morgan fingerprint density at radius 1 is 0.939 bits per heavy atom. The molecule has 0 aromatic heterocycles. The van der Waals surface area contributed by atoms with Gasteiger partial charge in [-0.3, -0.25) is 9.59 Å². The number of benzene rings is 3. The van der Waals surface area contributed by atoms with Crippen LogP contribution >= 0.6 is 11.8 Å². The van der Waals surface area contributed by atoms with Gasteiger partial charge in [-0.25, -0.2) is 4.39 Å². The van der Waals surface area contributed by atoms with Gasteiger partial charge in [0.2, 0.25) is 0 Å². The molecule has 1 fully saturated rings. The van der Waals surface area contributed by atoms with E-state index in [4.69, 9.17) is 0 Å². The molecular weight excluding hydrogens is 437 g/mol. The maximum atomic E-state index is 14.0. The highest BCUT2D eigenvalue weighted by atomic mass is 32.2. The smallest absolute Gasteiger partial charge is 0.262 e. The van der Waals surface area contributed by atoms with Crippen molar-refractivity contribution in [1.82, 2.24) is 4.90 Å². The van der Waals surface area contributed by atoms with Gasteiger partial charge in [0.1, 0.15) is 5.82 Å². The van der Waals surface area contributed by atoms with Gasteiger partial charge in [-0.05, 0) is 42.5 Å². The van der Waals surface area contributed by atoms with Gasteiger partial charge in [0.15, 0.2) is 0 Å². The number of nitrogens with zero attached hydrogens (tertiary/aromatic N) is 2. The predicted octanol–water partition coefficient (Wildman–Crippen LogP) is 4.87. The Kier molecular flexibility index (Phi) is 5.88. The minimum atomic E-state index is -0.377. The molecule has 0 aliphatic carbocycles. The fraction of sp³-hybridized carbons (Fsp3) is 0.154. The van der Waals surface area contributed by atoms with Gasteiger partial charge in [-0.15, -0.1) is 0 Å². The first-order valence-corrected chi connectivity index (χ1v) is 11.6. The number of para-hydroxylation sites is 1. The van der Waals surface area contributed by atoms with Gasteiger partial charge >= 0.3 is 0 Å². The van der Waals surface area contributed by atoms with Gasteiger partial charge in [0.05, 0.1) is 10.6 Å². The van der Waals surface area contributed by atoms with Crippen molar-refractivity contribution in [2.45, 2.75) is 4.90 Å². The number of anilines is 2. The largest absolute Gasteiger partial charge is 0.368 e. The number of carbonyl (C=O) groups is 2. The molecule has 0 bridgehead atoms. The van der Waals surface area contributed by atoms with E-state index in [1.165, 1.54) is 17.8 Å². The summed E-state index contributed by atoms with van der Waals surface area (Å²) < 4.78 is 14.0. The number of nitrogens with one attached hydrogen (secondary N) is 1. The highest BCUT2D eigenvalue weighted by Gasteiger charge is 2.26. The number of hydrogen-bond donors (Lipinski definition) is 1. The van der Waals surface area contributed by atoms with Crippen molar-refractivity contribution in [2.24, 2.45) is 0 Å². The number of thioether (sulfide) groups is 1. The summed E-state index contributed by atoms with van der Waals surface area (Å²) in [6, 6.07) is 21.9. The Morgan fingerprint density at radius 2 is 1.67 bits per heavy atom. The SMILES string of the molecule is O=C1Nc2cc(C(=O)N3CCN(c4ccccc4)CC3)ccc2S/C1=C/c1ccccc1F. The zero-order valence-corrected chi connectivity index (χ0v) is 18.6. The zero-order chi connectivity index (χ0) is 22.8. The van der Waals surface area contributed by atoms with Gasteiger partial charge in [0, 0.05) is 47.9 Å². The number of amides is 2. The number of rotatable bonds is 3. The molecule has 2 heterocycles. The van der Waals surface area contributed by atoms with Gasteiger partial charge < -0.3 is 15.1 Å². The molecule has 5 nitrogen and oxygen atoms in total. The highest BCUT2D eigenvalue weighted by Crippen LogP contribution is 2.39. The second-order valence-corrected chi connectivity index (χ2v) is 9.00. The lowest BCUT2D eigenvalue weighted by molar-refractivity contribution is -0.112. The third kappa shape index (κ3) is 4.50. The van der Waals surface area contributed by atoms with Crippen LogP contribution in [0, 0.1) is 5.82 Å². The molecule has 5 rings (SSSR count). The second-order valence-electron chi connectivity index (χ2n) is 7.91. The van der Waals surface area contributed by atoms with E-state index in [-0.39, 0.29) is 17.6 Å². The van der Waals surface area contributed by atoms with E-state index < -0.39 is 0 Å². The van der Waals surface area contributed by atoms with Gasteiger partial charge in [-0.1, -0.05) is 48.2 Å². The Hall–Kier alpha value is -3.58. The molecule has 1 N–H and O–H groups in total. The first kappa shape index (κ1) is 21.3. The first-order chi connectivity index (χ1) is 16.1. The minimum Gasteiger partial charge on any atom is -0.368 e. The molecule has 0 unspecified atom stereocenters. The monoisotopic (exact) mass is 459 g/mol. The van der Waals surface area contributed by atoms with E-state index in [9.17, 15) is 14.0 Å². The topological polar surface area (TPSA) is 52.7 Å². The van der Waals surface area contributed by atoms with Crippen molar-refractivity contribution in [3.63, 3.8) is 0 Å². The van der Waals surface area contributed by atoms with Crippen LogP contribution in [0.2, 0.25) is 0 Å². The van der Waals surface area contributed by atoms with Crippen LogP contribution in [0.15, 0.2) is 82.6 Å². The quantitative estimate of drug-likeness (QED) is 0.568. The summed E-state index contributed by atoms with van der Waals surface area (Å²) in [6.45, 7) is 2.83. The number of halogens is 1. The van der Waals surface area contributed by atoms with Crippen LogP contribution < -0.4 is 10.2 Å². The molecule has 166 valence electrons. The molecule has 1 saturated heterocycles. The molecule has 33 heavy (non-hydrogen) atoms. The second kappa shape index (κ2) is 9.11. The average molecular weight is 460 g/mol. The third-order valence-corrected chi connectivity index (χ3v) is 6.90. The zero-order valence-electron chi connectivity index (χ0n) is 17.8. The van der Waals surface area contributed by atoms with E-state index in [2.05, 4.69) is 22.3 Å². The Balaban J connectivity index is 1.29. The molecule has 3 aromatic rings. The maximum absolute atomic E-state index is 14.0. The number of hydrogen-bond acceptors (Lipinski definition) is 4. The summed E-state index contributed by atoms with van der Waals surface area (Å²) in [4.78, 5) is 31.0. The fourth-order valence-corrected chi connectivity index (χ4v) is 4.94. The fourth-order valence-electron chi connectivity index (χ4n) is 4.02. The Labute approximate surface area is 195 Å². The van der Waals surface area contributed by atoms with Crippen LogP contribution in [-0.2, 0) is 4.79 Å². The van der Waals surface area contributed by atoms with E-state index >= 15 is 0 Å². The first-order valence-electron chi connectivity index (χ1n) is 10.8. The van der Waals surface area contributed by atoms with Crippen molar-refractivity contribution in [3.05, 3.63) is 94.6 Å². The summed E-state index contributed by atoms with van der Waals surface area (Å²) in [5, 5.41) is 2.85. The van der Waals surface area contributed by atoms with Crippen LogP contribution in [0.5, 0.6) is 0 Å².